The van der Waals surface area contributed by atoms with Crippen LogP contribution in [0.3, 0.4) is 0 Å². The quantitative estimate of drug-likeness (QED) is 0.707. The van der Waals surface area contributed by atoms with Crippen LogP contribution in [-0.4, -0.2) is 58.6 Å². The van der Waals surface area contributed by atoms with Crippen molar-refractivity contribution < 1.29 is 26.7 Å². The summed E-state index contributed by atoms with van der Waals surface area (Å²) in [7, 11) is -3.91. The molecule has 0 bridgehead atoms. The van der Waals surface area contributed by atoms with Gasteiger partial charge in [0.1, 0.15) is 11.6 Å². The summed E-state index contributed by atoms with van der Waals surface area (Å²) >= 11 is 0. The molecule has 0 aromatic heterocycles. The second-order valence-electron chi connectivity index (χ2n) is 6.43. The van der Waals surface area contributed by atoms with Crippen LogP contribution in [0.25, 0.3) is 0 Å². The van der Waals surface area contributed by atoms with Crippen LogP contribution < -0.4 is 10.0 Å². The standard InChI is InChI=1S/C19H21F2N3O4S/c20-16-4-2-1-3-15(16)19(25)23-18-6-5-14(13-17(18)21)29(26,27)22-7-8-24-9-11-28-12-10-24/h1-6,13,22H,7-12H2,(H,23,25). The topological polar surface area (TPSA) is 87.7 Å². The van der Waals surface area contributed by atoms with Gasteiger partial charge in [-0.1, -0.05) is 12.1 Å². The molecule has 0 saturated carbocycles. The Kier molecular flexibility index (Phi) is 6.91. The fourth-order valence-electron chi connectivity index (χ4n) is 2.85. The zero-order valence-corrected chi connectivity index (χ0v) is 16.3. The Hall–Kier alpha value is -2.40. The normalized spacial score (nSPS) is 15.2. The zero-order valence-electron chi connectivity index (χ0n) is 15.5. The first-order chi connectivity index (χ1) is 13.9. The molecule has 1 heterocycles. The van der Waals surface area contributed by atoms with Crippen LogP contribution >= 0.6 is 0 Å². The molecule has 156 valence electrons. The van der Waals surface area contributed by atoms with E-state index in [-0.39, 0.29) is 22.7 Å². The highest BCUT2D eigenvalue weighted by atomic mass is 32.2. The number of halogens is 2. The number of benzene rings is 2. The molecular weight excluding hydrogens is 404 g/mol. The average molecular weight is 425 g/mol. The van der Waals surface area contributed by atoms with Crippen molar-refractivity contribution in [2.45, 2.75) is 4.90 Å². The van der Waals surface area contributed by atoms with Crippen molar-refractivity contribution in [2.24, 2.45) is 0 Å². The molecule has 2 aromatic carbocycles. The molecule has 1 saturated heterocycles. The van der Waals surface area contributed by atoms with Crippen molar-refractivity contribution in [3.63, 3.8) is 0 Å². The lowest BCUT2D eigenvalue weighted by Crippen LogP contribution is -2.41. The van der Waals surface area contributed by atoms with Crippen LogP contribution in [0.15, 0.2) is 47.4 Å². The summed E-state index contributed by atoms with van der Waals surface area (Å²) in [4.78, 5) is 13.9. The molecule has 0 unspecified atom stereocenters. The van der Waals surface area contributed by atoms with E-state index in [4.69, 9.17) is 4.74 Å². The van der Waals surface area contributed by atoms with Gasteiger partial charge in [0.25, 0.3) is 5.91 Å². The van der Waals surface area contributed by atoms with Gasteiger partial charge in [0.2, 0.25) is 10.0 Å². The van der Waals surface area contributed by atoms with Crippen LogP contribution in [-0.2, 0) is 14.8 Å². The third kappa shape index (κ3) is 5.57. The summed E-state index contributed by atoms with van der Waals surface area (Å²) in [5.74, 6) is -2.51. The molecule has 2 N–H and O–H groups in total. The van der Waals surface area contributed by atoms with Gasteiger partial charge >= 0.3 is 0 Å². The highest BCUT2D eigenvalue weighted by Gasteiger charge is 2.19. The first-order valence-corrected chi connectivity index (χ1v) is 10.5. The summed E-state index contributed by atoms with van der Waals surface area (Å²) in [6.45, 7) is 3.37. The van der Waals surface area contributed by atoms with E-state index in [1.165, 1.54) is 24.3 Å². The summed E-state index contributed by atoms with van der Waals surface area (Å²) in [6.07, 6.45) is 0. The number of hydrogen-bond donors (Lipinski definition) is 2. The average Bonchev–Trinajstić information content (AvgIpc) is 2.70. The third-order valence-electron chi connectivity index (χ3n) is 4.44. The smallest absolute Gasteiger partial charge is 0.258 e. The zero-order chi connectivity index (χ0) is 20.9. The number of ether oxygens (including phenoxy) is 1. The van der Waals surface area contributed by atoms with Gasteiger partial charge in [0.15, 0.2) is 0 Å². The molecule has 0 atom stereocenters. The number of sulfonamides is 1. The van der Waals surface area contributed by atoms with Gasteiger partial charge in [-0.3, -0.25) is 9.69 Å². The predicted molar refractivity (Wildman–Crippen MR) is 103 cm³/mol. The van der Waals surface area contributed by atoms with E-state index in [0.29, 0.717) is 19.8 Å². The first kappa shape index (κ1) is 21.3. The number of nitrogens with zero attached hydrogens (tertiary/aromatic N) is 1. The van der Waals surface area contributed by atoms with E-state index in [9.17, 15) is 22.0 Å². The van der Waals surface area contributed by atoms with Gasteiger partial charge in [0.05, 0.1) is 29.4 Å². The van der Waals surface area contributed by atoms with E-state index in [2.05, 4.69) is 14.9 Å². The Balaban J connectivity index is 1.63. The lowest BCUT2D eigenvalue weighted by atomic mass is 10.2. The van der Waals surface area contributed by atoms with Gasteiger partial charge < -0.3 is 10.1 Å². The maximum Gasteiger partial charge on any atom is 0.258 e. The molecule has 1 fully saturated rings. The number of rotatable bonds is 7. The molecule has 3 rings (SSSR count). The maximum absolute atomic E-state index is 14.3. The molecule has 0 radical (unpaired) electrons. The van der Waals surface area contributed by atoms with E-state index in [0.717, 1.165) is 31.3 Å². The number of anilines is 1. The number of carbonyl (C=O) groups excluding carboxylic acids is 1. The molecular formula is C19H21F2N3O4S. The molecule has 10 heteroatoms. The summed E-state index contributed by atoms with van der Waals surface area (Å²) in [5.41, 5.74) is -0.487. The molecule has 1 aliphatic heterocycles. The van der Waals surface area contributed by atoms with Gasteiger partial charge in [-0.05, 0) is 30.3 Å². The van der Waals surface area contributed by atoms with Crippen molar-refractivity contribution >= 4 is 21.6 Å². The minimum atomic E-state index is -3.91. The Morgan fingerprint density at radius 2 is 1.79 bits per heavy atom. The molecule has 0 aliphatic carbocycles. The van der Waals surface area contributed by atoms with Crippen LogP contribution in [0, 0.1) is 11.6 Å². The lowest BCUT2D eigenvalue weighted by Gasteiger charge is -2.26. The fraction of sp³-hybridized carbons (Fsp3) is 0.316. The molecule has 1 aliphatic rings. The Bertz CT molecular complexity index is 979. The van der Waals surface area contributed by atoms with E-state index >= 15 is 0 Å². The largest absolute Gasteiger partial charge is 0.379 e. The number of carbonyl (C=O) groups is 1. The molecule has 7 nitrogen and oxygen atoms in total. The number of amides is 1. The second-order valence-corrected chi connectivity index (χ2v) is 8.19. The Morgan fingerprint density at radius 3 is 2.48 bits per heavy atom. The SMILES string of the molecule is O=C(Nc1ccc(S(=O)(=O)NCCN2CCOCC2)cc1F)c1ccccc1F. The minimum absolute atomic E-state index is 0.176. The summed E-state index contributed by atoms with van der Waals surface area (Å²) < 4.78 is 60.4. The summed E-state index contributed by atoms with van der Waals surface area (Å²) in [5, 5.41) is 2.24. The van der Waals surface area contributed by atoms with Gasteiger partial charge in [-0.2, -0.15) is 0 Å². The highest BCUT2D eigenvalue weighted by Crippen LogP contribution is 2.20. The number of nitrogens with one attached hydrogen (secondary N) is 2. The van der Waals surface area contributed by atoms with Crippen LogP contribution in [0.1, 0.15) is 10.4 Å². The van der Waals surface area contributed by atoms with Crippen molar-refractivity contribution in [1.29, 1.82) is 0 Å². The Labute approximate surface area is 167 Å². The predicted octanol–water partition coefficient (Wildman–Crippen LogP) is 1.83. The third-order valence-corrected chi connectivity index (χ3v) is 5.90. The van der Waals surface area contributed by atoms with E-state index in [1.54, 1.807) is 0 Å². The van der Waals surface area contributed by atoms with Gasteiger partial charge in [-0.25, -0.2) is 21.9 Å². The van der Waals surface area contributed by atoms with Crippen molar-refractivity contribution in [3.05, 3.63) is 59.7 Å². The monoisotopic (exact) mass is 425 g/mol. The van der Waals surface area contributed by atoms with Gasteiger partial charge in [-0.15, -0.1) is 0 Å². The maximum atomic E-state index is 14.3. The van der Waals surface area contributed by atoms with Crippen LogP contribution in [0.5, 0.6) is 0 Å². The second kappa shape index (κ2) is 9.40. The van der Waals surface area contributed by atoms with Crippen molar-refractivity contribution in [1.82, 2.24) is 9.62 Å². The van der Waals surface area contributed by atoms with E-state index in [1.807, 2.05) is 0 Å². The van der Waals surface area contributed by atoms with Crippen molar-refractivity contribution in [3.8, 4) is 0 Å². The summed E-state index contributed by atoms with van der Waals surface area (Å²) in [6, 6.07) is 8.41. The fourth-order valence-corrected chi connectivity index (χ4v) is 3.88. The lowest BCUT2D eigenvalue weighted by molar-refractivity contribution is 0.0390. The molecule has 29 heavy (non-hydrogen) atoms. The number of morpholine rings is 1. The highest BCUT2D eigenvalue weighted by molar-refractivity contribution is 7.89. The van der Waals surface area contributed by atoms with Crippen LogP contribution in [0.4, 0.5) is 14.5 Å². The van der Waals surface area contributed by atoms with Crippen LogP contribution in [0.2, 0.25) is 0 Å². The molecule has 2 aromatic rings. The number of hydrogen-bond acceptors (Lipinski definition) is 5. The van der Waals surface area contributed by atoms with Crippen molar-refractivity contribution in [2.75, 3.05) is 44.7 Å². The van der Waals surface area contributed by atoms with Gasteiger partial charge in [0, 0.05) is 26.2 Å². The Morgan fingerprint density at radius 1 is 1.07 bits per heavy atom. The van der Waals surface area contributed by atoms with E-state index < -0.39 is 27.6 Å². The minimum Gasteiger partial charge on any atom is -0.379 e. The first-order valence-electron chi connectivity index (χ1n) is 9.02. The molecule has 0 spiro atoms. The molecule has 1 amide bonds.